The molecule has 11 heteroatoms. The van der Waals surface area contributed by atoms with Crippen LogP contribution in [0.2, 0.25) is 0 Å². The summed E-state index contributed by atoms with van der Waals surface area (Å²) in [5, 5.41) is 13.3. The summed E-state index contributed by atoms with van der Waals surface area (Å²) in [6, 6.07) is 8.64. The molecule has 3 rings (SSSR count). The van der Waals surface area contributed by atoms with Gasteiger partial charge in [0.15, 0.2) is 0 Å². The first-order valence-electron chi connectivity index (χ1n) is 7.40. The van der Waals surface area contributed by atoms with E-state index in [0.29, 0.717) is 23.6 Å². The number of ether oxygens (including phenoxy) is 1. The van der Waals surface area contributed by atoms with E-state index in [1.807, 2.05) is 0 Å². The van der Waals surface area contributed by atoms with Crippen LogP contribution in [-0.2, 0) is 6.18 Å². The van der Waals surface area contributed by atoms with Crippen molar-refractivity contribution in [1.29, 1.82) is 0 Å². The number of halogens is 4. The first-order chi connectivity index (χ1) is 12.8. The van der Waals surface area contributed by atoms with Crippen LogP contribution in [0.3, 0.4) is 0 Å². The number of benzene rings is 2. The monoisotopic (exact) mass is 381 g/mol. The molecular weight excluding hydrogens is 370 g/mol. The molecule has 0 aliphatic carbocycles. The lowest BCUT2D eigenvalue weighted by Gasteiger charge is -2.10. The van der Waals surface area contributed by atoms with Gasteiger partial charge in [0.1, 0.15) is 11.6 Å². The number of rotatable bonds is 4. The molecule has 0 spiro atoms. The molecule has 7 nitrogen and oxygen atoms in total. The second-order valence-corrected chi connectivity index (χ2v) is 5.25. The summed E-state index contributed by atoms with van der Waals surface area (Å²) in [7, 11) is 1.50. The standard InChI is InChI=1S/C16H11F4N5O2/c1-27-11-5-3-10(4-6-11)25-23-14(22-24-25)15(26)21-9-2-7-13(17)12(8-9)16(18,19)20/h2-8H,1H3,(H,21,26). The Balaban J connectivity index is 1.78. The third-order valence-corrected chi connectivity index (χ3v) is 3.45. The fraction of sp³-hybridized carbons (Fsp3) is 0.125. The Morgan fingerprint density at radius 3 is 2.48 bits per heavy atom. The van der Waals surface area contributed by atoms with Gasteiger partial charge in [-0.15, -0.1) is 15.0 Å². The van der Waals surface area contributed by atoms with Gasteiger partial charge in [-0.3, -0.25) is 4.79 Å². The summed E-state index contributed by atoms with van der Waals surface area (Å²) in [4.78, 5) is 13.2. The molecule has 0 radical (unpaired) electrons. The van der Waals surface area contributed by atoms with Crippen LogP contribution >= 0.6 is 0 Å². The molecule has 1 aromatic heterocycles. The highest BCUT2D eigenvalue weighted by atomic mass is 19.4. The van der Waals surface area contributed by atoms with Crippen LogP contribution in [0, 0.1) is 5.82 Å². The van der Waals surface area contributed by atoms with Crippen molar-refractivity contribution < 1.29 is 27.1 Å². The predicted octanol–water partition coefficient (Wildman–Crippen LogP) is 3.08. The molecule has 0 fully saturated rings. The van der Waals surface area contributed by atoms with Gasteiger partial charge in [0, 0.05) is 5.69 Å². The minimum Gasteiger partial charge on any atom is -0.497 e. The smallest absolute Gasteiger partial charge is 0.419 e. The molecule has 1 amide bonds. The fourth-order valence-corrected chi connectivity index (χ4v) is 2.14. The molecule has 0 aliphatic rings. The maximum absolute atomic E-state index is 13.3. The van der Waals surface area contributed by atoms with Crippen molar-refractivity contribution in [3.8, 4) is 11.4 Å². The second-order valence-electron chi connectivity index (χ2n) is 5.25. The molecule has 140 valence electrons. The van der Waals surface area contributed by atoms with E-state index < -0.39 is 23.5 Å². The van der Waals surface area contributed by atoms with Crippen LogP contribution in [0.5, 0.6) is 5.75 Å². The van der Waals surface area contributed by atoms with Gasteiger partial charge in [0.05, 0.1) is 18.4 Å². The van der Waals surface area contributed by atoms with E-state index in [-0.39, 0.29) is 11.5 Å². The quantitative estimate of drug-likeness (QED) is 0.703. The highest BCUT2D eigenvalue weighted by Gasteiger charge is 2.34. The van der Waals surface area contributed by atoms with Gasteiger partial charge in [-0.2, -0.15) is 13.2 Å². The van der Waals surface area contributed by atoms with E-state index in [1.54, 1.807) is 24.3 Å². The Hall–Kier alpha value is -3.50. The van der Waals surface area contributed by atoms with Crippen molar-refractivity contribution in [2.24, 2.45) is 0 Å². The molecule has 0 unspecified atom stereocenters. The third kappa shape index (κ3) is 4.02. The summed E-state index contributed by atoms with van der Waals surface area (Å²) >= 11 is 0. The average molecular weight is 381 g/mol. The summed E-state index contributed by atoms with van der Waals surface area (Å²) in [6.45, 7) is 0. The molecule has 0 aliphatic heterocycles. The lowest BCUT2D eigenvalue weighted by Crippen LogP contribution is -2.16. The summed E-state index contributed by atoms with van der Waals surface area (Å²) in [5.74, 6) is -2.10. The average Bonchev–Trinajstić information content (AvgIpc) is 3.13. The Kier molecular flexibility index (Phi) is 4.75. The number of nitrogens with one attached hydrogen (secondary N) is 1. The van der Waals surface area contributed by atoms with Gasteiger partial charge in [-0.1, -0.05) is 0 Å². The van der Waals surface area contributed by atoms with E-state index in [2.05, 4.69) is 20.7 Å². The van der Waals surface area contributed by atoms with Crippen molar-refractivity contribution in [2.45, 2.75) is 6.18 Å². The topological polar surface area (TPSA) is 81.9 Å². The lowest BCUT2D eigenvalue weighted by atomic mass is 10.2. The van der Waals surface area contributed by atoms with Gasteiger partial charge in [-0.05, 0) is 47.7 Å². The minimum absolute atomic E-state index is 0.255. The van der Waals surface area contributed by atoms with E-state index >= 15 is 0 Å². The molecule has 3 aromatic rings. The fourth-order valence-electron chi connectivity index (χ4n) is 2.14. The van der Waals surface area contributed by atoms with Crippen LogP contribution < -0.4 is 10.1 Å². The van der Waals surface area contributed by atoms with Crippen molar-refractivity contribution in [1.82, 2.24) is 20.2 Å². The lowest BCUT2D eigenvalue weighted by molar-refractivity contribution is -0.139. The van der Waals surface area contributed by atoms with Crippen LogP contribution in [0.1, 0.15) is 16.2 Å². The first kappa shape index (κ1) is 18.3. The molecule has 2 aromatic carbocycles. The Morgan fingerprint density at radius 2 is 1.85 bits per heavy atom. The van der Waals surface area contributed by atoms with Crippen molar-refractivity contribution in [3.63, 3.8) is 0 Å². The molecule has 0 saturated carbocycles. The van der Waals surface area contributed by atoms with Crippen LogP contribution in [0.25, 0.3) is 5.69 Å². The number of methoxy groups -OCH3 is 1. The van der Waals surface area contributed by atoms with E-state index in [0.717, 1.165) is 10.9 Å². The Morgan fingerprint density at radius 1 is 1.15 bits per heavy atom. The SMILES string of the molecule is COc1ccc(-n2nnc(C(=O)Nc3ccc(F)c(C(F)(F)F)c3)n2)cc1. The number of carbonyl (C=O) groups is 1. The van der Waals surface area contributed by atoms with Gasteiger partial charge in [0.2, 0.25) is 0 Å². The predicted molar refractivity (Wildman–Crippen MR) is 85.1 cm³/mol. The van der Waals surface area contributed by atoms with Crippen molar-refractivity contribution in [2.75, 3.05) is 12.4 Å². The Labute approximate surface area is 149 Å². The zero-order chi connectivity index (χ0) is 19.6. The second kappa shape index (κ2) is 7.02. The van der Waals surface area contributed by atoms with Gasteiger partial charge >= 0.3 is 6.18 Å². The van der Waals surface area contributed by atoms with Gasteiger partial charge < -0.3 is 10.1 Å². The minimum atomic E-state index is -4.89. The molecule has 0 atom stereocenters. The van der Waals surface area contributed by atoms with Crippen LogP contribution in [-0.4, -0.2) is 33.2 Å². The number of aromatic nitrogens is 4. The zero-order valence-electron chi connectivity index (χ0n) is 13.7. The zero-order valence-corrected chi connectivity index (χ0v) is 13.7. The van der Waals surface area contributed by atoms with E-state index in [9.17, 15) is 22.4 Å². The number of nitrogens with zero attached hydrogens (tertiary/aromatic N) is 4. The number of tetrazole rings is 1. The van der Waals surface area contributed by atoms with E-state index in [4.69, 9.17) is 4.74 Å². The summed E-state index contributed by atoms with van der Waals surface area (Å²) < 4.78 is 56.5. The van der Waals surface area contributed by atoms with E-state index in [1.165, 1.54) is 7.11 Å². The molecule has 1 N–H and O–H groups in total. The van der Waals surface area contributed by atoms with Crippen LogP contribution in [0.4, 0.5) is 23.2 Å². The molecule has 0 saturated heterocycles. The van der Waals surface area contributed by atoms with Gasteiger partial charge in [0.25, 0.3) is 11.7 Å². The maximum Gasteiger partial charge on any atom is 0.419 e. The number of amides is 1. The van der Waals surface area contributed by atoms with Gasteiger partial charge in [-0.25, -0.2) is 4.39 Å². The normalized spacial score (nSPS) is 11.3. The van der Waals surface area contributed by atoms with Crippen molar-refractivity contribution >= 4 is 11.6 Å². The number of hydrogen-bond acceptors (Lipinski definition) is 5. The molecule has 27 heavy (non-hydrogen) atoms. The summed E-state index contributed by atoms with van der Waals surface area (Å²) in [5.41, 5.74) is -1.26. The number of alkyl halides is 3. The van der Waals surface area contributed by atoms with Crippen molar-refractivity contribution in [3.05, 3.63) is 59.7 Å². The largest absolute Gasteiger partial charge is 0.497 e. The number of anilines is 1. The first-order valence-corrected chi connectivity index (χ1v) is 7.40. The molecule has 0 bridgehead atoms. The third-order valence-electron chi connectivity index (χ3n) is 3.45. The number of carbonyl (C=O) groups excluding carboxylic acids is 1. The number of hydrogen-bond donors (Lipinski definition) is 1. The molecule has 1 heterocycles. The molecular formula is C16H11F4N5O2. The highest BCUT2D eigenvalue weighted by molar-refractivity contribution is 6.01. The summed E-state index contributed by atoms with van der Waals surface area (Å²) in [6.07, 6.45) is -4.89. The maximum atomic E-state index is 13.3. The van der Waals surface area contributed by atoms with Crippen LogP contribution in [0.15, 0.2) is 42.5 Å². The highest BCUT2D eigenvalue weighted by Crippen LogP contribution is 2.33. The Bertz CT molecular complexity index is 970.